The fraction of sp³-hybridized carbons (Fsp3) is 0.312. The van der Waals surface area contributed by atoms with E-state index >= 15 is 0 Å². The quantitative estimate of drug-likeness (QED) is 0.631. The van der Waals surface area contributed by atoms with Gasteiger partial charge in [0.1, 0.15) is 5.75 Å². The van der Waals surface area contributed by atoms with Gasteiger partial charge in [-0.2, -0.15) is 0 Å². The van der Waals surface area contributed by atoms with Gasteiger partial charge < -0.3 is 13.9 Å². The average molecular weight is 362 g/mol. The molecule has 24 heavy (non-hydrogen) atoms. The van der Waals surface area contributed by atoms with Crippen LogP contribution in [0.4, 0.5) is 0 Å². The first-order chi connectivity index (χ1) is 11.6. The van der Waals surface area contributed by atoms with E-state index in [1.54, 1.807) is 23.4 Å². The van der Waals surface area contributed by atoms with Crippen molar-refractivity contribution in [2.75, 3.05) is 12.9 Å². The number of aromatic nitrogens is 4. The van der Waals surface area contributed by atoms with E-state index in [0.717, 1.165) is 33.7 Å². The Balaban J connectivity index is 1.75. The van der Waals surface area contributed by atoms with Crippen LogP contribution in [0.15, 0.2) is 39.6 Å². The molecule has 2 heterocycles. The summed E-state index contributed by atoms with van der Waals surface area (Å²) in [7, 11) is 3.58. The number of thioether (sulfide) groups is 1. The van der Waals surface area contributed by atoms with Gasteiger partial charge in [0, 0.05) is 30.4 Å². The van der Waals surface area contributed by atoms with Gasteiger partial charge in [0.15, 0.2) is 11.0 Å². The largest absolute Gasteiger partial charge is 0.496 e. The molecule has 0 bridgehead atoms. The summed E-state index contributed by atoms with van der Waals surface area (Å²) in [6.07, 6.45) is 0. The third-order valence-electron chi connectivity index (χ3n) is 3.71. The molecule has 0 atom stereocenters. The van der Waals surface area contributed by atoms with Gasteiger partial charge in [0.05, 0.1) is 12.7 Å². The number of hydrogen-bond acceptors (Lipinski definition) is 6. The van der Waals surface area contributed by atoms with Gasteiger partial charge in [0.25, 0.3) is 0 Å². The molecule has 0 aliphatic rings. The molecule has 1 aromatic carbocycles. The summed E-state index contributed by atoms with van der Waals surface area (Å²) >= 11 is 2.82. The molecule has 0 saturated carbocycles. The molecule has 6 nitrogen and oxygen atoms in total. The highest BCUT2D eigenvalue weighted by atomic mass is 32.2. The summed E-state index contributed by atoms with van der Waals surface area (Å²) in [5.74, 6) is 2.29. The Bertz CT molecular complexity index is 898. The van der Waals surface area contributed by atoms with Crippen LogP contribution in [0.3, 0.4) is 0 Å². The van der Waals surface area contributed by atoms with E-state index in [1.165, 1.54) is 11.3 Å². The number of thiazole rings is 1. The van der Waals surface area contributed by atoms with Crippen molar-refractivity contribution < 1.29 is 4.74 Å². The van der Waals surface area contributed by atoms with Gasteiger partial charge >= 0.3 is 4.87 Å². The minimum absolute atomic E-state index is 0.0841. The number of para-hydroxylation sites is 1. The summed E-state index contributed by atoms with van der Waals surface area (Å²) in [4.78, 5) is 11.8. The Kier molecular flexibility index (Phi) is 5.06. The maximum absolute atomic E-state index is 11.7. The molecule has 126 valence electrons. The van der Waals surface area contributed by atoms with Crippen LogP contribution in [-0.2, 0) is 13.6 Å². The smallest absolute Gasteiger partial charge is 0.307 e. The van der Waals surface area contributed by atoms with Gasteiger partial charge in [-0.25, -0.2) is 0 Å². The lowest BCUT2D eigenvalue weighted by Crippen LogP contribution is -2.15. The minimum Gasteiger partial charge on any atom is -0.496 e. The van der Waals surface area contributed by atoms with Crippen molar-refractivity contribution in [2.45, 2.75) is 18.6 Å². The molecule has 3 aromatic rings. The molecule has 8 heteroatoms. The van der Waals surface area contributed by atoms with Crippen LogP contribution in [0.2, 0.25) is 0 Å². The van der Waals surface area contributed by atoms with E-state index in [0.29, 0.717) is 6.54 Å². The van der Waals surface area contributed by atoms with Crippen molar-refractivity contribution in [1.82, 2.24) is 19.3 Å². The van der Waals surface area contributed by atoms with E-state index < -0.39 is 0 Å². The molecule has 0 unspecified atom stereocenters. The number of rotatable bonds is 6. The van der Waals surface area contributed by atoms with Crippen LogP contribution in [0.5, 0.6) is 5.75 Å². The van der Waals surface area contributed by atoms with Crippen molar-refractivity contribution in [3.8, 4) is 17.1 Å². The summed E-state index contributed by atoms with van der Waals surface area (Å²) in [5, 5.41) is 11.3. The molecule has 3 rings (SSSR count). The van der Waals surface area contributed by atoms with Crippen LogP contribution in [0, 0.1) is 6.92 Å². The first kappa shape index (κ1) is 16.8. The van der Waals surface area contributed by atoms with E-state index in [1.807, 2.05) is 48.2 Å². The summed E-state index contributed by atoms with van der Waals surface area (Å²) in [6.45, 7) is 2.61. The Morgan fingerprint density at radius 3 is 2.79 bits per heavy atom. The minimum atomic E-state index is 0.0841. The van der Waals surface area contributed by atoms with E-state index in [9.17, 15) is 4.79 Å². The van der Waals surface area contributed by atoms with Crippen molar-refractivity contribution in [1.29, 1.82) is 0 Å². The topological polar surface area (TPSA) is 61.9 Å². The highest BCUT2D eigenvalue weighted by molar-refractivity contribution is 7.99. The molecule has 0 aliphatic heterocycles. The Labute approximate surface area is 148 Å². The molecule has 2 aromatic heterocycles. The van der Waals surface area contributed by atoms with Crippen LogP contribution < -0.4 is 9.61 Å². The zero-order chi connectivity index (χ0) is 17.1. The third-order valence-corrected chi connectivity index (χ3v) is 5.59. The lowest BCUT2D eigenvalue weighted by Gasteiger charge is -2.08. The predicted molar refractivity (Wildman–Crippen MR) is 97.0 cm³/mol. The van der Waals surface area contributed by atoms with Gasteiger partial charge in [-0.15, -0.1) is 10.2 Å². The fourth-order valence-corrected chi connectivity index (χ4v) is 4.00. The number of nitrogens with zero attached hydrogens (tertiary/aromatic N) is 4. The fourth-order valence-electron chi connectivity index (χ4n) is 2.41. The number of hydrogen-bond donors (Lipinski definition) is 0. The Morgan fingerprint density at radius 2 is 2.08 bits per heavy atom. The molecule has 0 N–H and O–H groups in total. The zero-order valence-corrected chi connectivity index (χ0v) is 15.4. The standard InChI is InChI=1S/C16H18N4O2S2/c1-11-10-24-16(21)20(11)8-9-23-15-18-17-14(19(15)2)12-6-4-5-7-13(12)22-3/h4-7,10H,8-9H2,1-3H3. The lowest BCUT2D eigenvalue weighted by molar-refractivity contribution is 0.416. The molecule has 0 aliphatic carbocycles. The number of methoxy groups -OCH3 is 1. The van der Waals surface area contributed by atoms with Gasteiger partial charge in [-0.3, -0.25) is 4.79 Å². The predicted octanol–water partition coefficient (Wildman–Crippen LogP) is 2.81. The van der Waals surface area contributed by atoms with Crippen molar-refractivity contribution in [3.63, 3.8) is 0 Å². The summed E-state index contributed by atoms with van der Waals surface area (Å²) < 4.78 is 9.13. The zero-order valence-electron chi connectivity index (χ0n) is 13.7. The average Bonchev–Trinajstić information content (AvgIpc) is 3.11. The molecule has 0 spiro atoms. The van der Waals surface area contributed by atoms with Crippen LogP contribution >= 0.6 is 23.1 Å². The van der Waals surface area contributed by atoms with Crippen LogP contribution in [0.1, 0.15) is 5.69 Å². The van der Waals surface area contributed by atoms with E-state index in [4.69, 9.17) is 4.74 Å². The maximum atomic E-state index is 11.7. The molecule has 0 amide bonds. The lowest BCUT2D eigenvalue weighted by atomic mass is 10.2. The maximum Gasteiger partial charge on any atom is 0.307 e. The van der Waals surface area contributed by atoms with Gasteiger partial charge in [-0.1, -0.05) is 35.2 Å². The molecular weight excluding hydrogens is 344 g/mol. The molecule has 0 saturated heterocycles. The SMILES string of the molecule is COc1ccccc1-c1nnc(SCCn2c(C)csc2=O)n1C. The van der Waals surface area contributed by atoms with Crippen molar-refractivity contribution in [2.24, 2.45) is 7.05 Å². The number of ether oxygens (including phenoxy) is 1. The van der Waals surface area contributed by atoms with Crippen LogP contribution in [0.25, 0.3) is 11.4 Å². The Morgan fingerprint density at radius 1 is 1.29 bits per heavy atom. The number of aryl methyl sites for hydroxylation is 1. The second-order valence-electron chi connectivity index (χ2n) is 5.21. The Hall–Kier alpha value is -2.06. The highest BCUT2D eigenvalue weighted by Gasteiger charge is 2.14. The number of benzene rings is 1. The van der Waals surface area contributed by atoms with Gasteiger partial charge in [-0.05, 0) is 19.1 Å². The highest BCUT2D eigenvalue weighted by Crippen LogP contribution is 2.29. The second-order valence-corrected chi connectivity index (χ2v) is 7.09. The van der Waals surface area contributed by atoms with Crippen molar-refractivity contribution >= 4 is 23.1 Å². The van der Waals surface area contributed by atoms with E-state index in [-0.39, 0.29) is 4.87 Å². The summed E-state index contributed by atoms with van der Waals surface area (Å²) in [5.41, 5.74) is 1.91. The third kappa shape index (κ3) is 3.25. The molecular formula is C16H18N4O2S2. The van der Waals surface area contributed by atoms with Gasteiger partial charge in [0.2, 0.25) is 0 Å². The van der Waals surface area contributed by atoms with Crippen molar-refractivity contribution in [3.05, 3.63) is 45.0 Å². The molecule has 0 fully saturated rings. The van der Waals surface area contributed by atoms with E-state index in [2.05, 4.69) is 10.2 Å². The molecule has 0 radical (unpaired) electrons. The van der Waals surface area contributed by atoms with Crippen LogP contribution in [-0.4, -0.2) is 32.2 Å². The normalized spacial score (nSPS) is 11.0. The first-order valence-electron chi connectivity index (χ1n) is 7.42. The summed E-state index contributed by atoms with van der Waals surface area (Å²) in [6, 6.07) is 7.74. The monoisotopic (exact) mass is 362 g/mol. The first-order valence-corrected chi connectivity index (χ1v) is 9.29. The second kappa shape index (κ2) is 7.23.